The molecule has 1 fully saturated rings. The summed E-state index contributed by atoms with van der Waals surface area (Å²) in [6.07, 6.45) is -2.48. The Balaban J connectivity index is 2.84. The van der Waals surface area contributed by atoms with Crippen LogP contribution in [-0.2, 0) is 63.9 Å². The Hall–Kier alpha value is -7.55. The largest absolute Gasteiger partial charge is 0.479 e. The van der Waals surface area contributed by atoms with Crippen LogP contribution in [0.5, 0.6) is 0 Å². The summed E-state index contributed by atoms with van der Waals surface area (Å²) >= 11 is 5.87. The molecular formula is C51H81ClN14O17. The number of hydrogen-bond donors (Lipinski definition) is 18. The van der Waals surface area contributed by atoms with E-state index in [4.69, 9.17) is 39.3 Å². The number of amides is 9. The summed E-state index contributed by atoms with van der Waals surface area (Å²) in [6, 6.07) is -6.93. The number of aliphatic carboxylic acids is 1. The number of nitrogens with zero attached hydrogens (tertiary/aromatic N) is 1. The molecule has 1 aromatic rings. The van der Waals surface area contributed by atoms with Crippen LogP contribution in [-0.4, -0.2) is 202 Å². The molecule has 464 valence electrons. The van der Waals surface area contributed by atoms with Crippen molar-refractivity contribution in [1.82, 2.24) is 47.9 Å². The standard InChI is InChI=1S/C51H81ClN14O17/c1-3-5-6-7-11-15-28(68)23-37(70)58-35-26-83-50(82)38(36(69)24-52)65-48(79)39(40(71)49(80)81)66-41(72)29(4-2)59-45(76)33(22-27-13-9-8-10-14-27)63-42(73)30(16-12-21-57-51(55)56)60-43(74)31(17-19-53)61-44(75)32(18-20-54)62-46(77)34(25-67)64-47(35)78/h4,8-10,13-14,28,30-36,38-40,67-69,71H,3,5-7,11-12,15-26,53-54H2,1-2H3,(H,58,70)(H,59,76)(H,60,74)(H,61,75)(H,62,77)(H,63,73)(H,64,78)(H,65,79)(H,66,72)(H,80,81)(H4,55,56,57)/b29-4-/t28-,30+,31?,32+,33?,34?,35+,36-,38+,39+,40+/m1/s1. The molecule has 31 nitrogen and oxygen atoms in total. The van der Waals surface area contributed by atoms with E-state index in [-0.39, 0.29) is 64.1 Å². The number of carbonyl (C=O) groups is 11. The number of carboxylic acids is 1. The SMILES string of the molecule is C/C=C1\NC(=O)C(Cc2ccccc2)NC(=O)[C@H](CCCN=C(N)N)NC(=O)C(CCN)NC(=O)[C@H](CCN)NC(=O)C(CO)NC(=O)[C@@H](NC(=O)C[C@H](O)CCCCCCC)COC(=O)[C@H]([C@H](O)CCl)NC(=O)[C@H]([C@H](O)C(=O)O)NC1=O. The molecule has 1 heterocycles. The van der Waals surface area contributed by atoms with Crippen molar-refractivity contribution in [2.45, 2.75) is 158 Å². The maximum atomic E-state index is 14.3. The molecule has 83 heavy (non-hydrogen) atoms. The Morgan fingerprint density at radius 3 is 1.81 bits per heavy atom. The van der Waals surface area contributed by atoms with E-state index in [0.29, 0.717) is 12.0 Å². The predicted molar refractivity (Wildman–Crippen MR) is 297 cm³/mol. The topological polar surface area (TPSA) is 523 Å². The normalized spacial score (nSPS) is 24.0. The third kappa shape index (κ3) is 25.6. The minimum Gasteiger partial charge on any atom is -0.479 e. The minimum atomic E-state index is -2.81. The number of benzene rings is 1. The smallest absolute Gasteiger partial charge is 0.335 e. The number of allylic oxidation sites excluding steroid dienone is 1. The average Bonchev–Trinajstić information content (AvgIpc) is 3.52. The molecule has 3 unspecified atom stereocenters. The Labute approximate surface area is 484 Å². The van der Waals surface area contributed by atoms with E-state index in [0.717, 1.165) is 31.8 Å². The second kappa shape index (κ2) is 38.3. The molecule has 22 N–H and O–H groups in total. The fraction of sp³-hybridized carbons (Fsp3) is 0.608. The molecule has 11 atom stereocenters. The van der Waals surface area contributed by atoms with Gasteiger partial charge in [-0.25, -0.2) is 9.59 Å². The first-order valence-corrected chi connectivity index (χ1v) is 27.5. The van der Waals surface area contributed by atoms with Crippen LogP contribution in [0.2, 0.25) is 0 Å². The third-order valence-electron chi connectivity index (χ3n) is 12.6. The van der Waals surface area contributed by atoms with Gasteiger partial charge in [0.25, 0.3) is 5.91 Å². The summed E-state index contributed by atoms with van der Waals surface area (Å²) < 4.78 is 5.26. The summed E-state index contributed by atoms with van der Waals surface area (Å²) in [7, 11) is 0. The van der Waals surface area contributed by atoms with Gasteiger partial charge >= 0.3 is 11.9 Å². The van der Waals surface area contributed by atoms with Gasteiger partial charge in [-0.3, -0.25) is 48.1 Å². The number of carbonyl (C=O) groups excluding carboxylic acids is 10. The van der Waals surface area contributed by atoms with Gasteiger partial charge in [0.15, 0.2) is 18.1 Å². The summed E-state index contributed by atoms with van der Waals surface area (Å²) in [5.41, 5.74) is 22.4. The maximum absolute atomic E-state index is 14.3. The number of hydrogen-bond acceptors (Lipinski definition) is 19. The minimum absolute atomic E-state index is 0.0367. The van der Waals surface area contributed by atoms with E-state index in [9.17, 15) is 78.3 Å². The van der Waals surface area contributed by atoms with Crippen molar-refractivity contribution in [2.75, 3.05) is 38.7 Å². The number of cyclic esters (lactones) is 1. The lowest BCUT2D eigenvalue weighted by atomic mass is 10.0. The molecule has 0 spiro atoms. The van der Waals surface area contributed by atoms with Crippen LogP contribution in [0.4, 0.5) is 0 Å². The molecule has 0 aliphatic carbocycles. The van der Waals surface area contributed by atoms with Gasteiger partial charge < -0.3 is 101 Å². The zero-order valence-electron chi connectivity index (χ0n) is 46.3. The summed E-state index contributed by atoms with van der Waals surface area (Å²) in [4.78, 5) is 155. The number of halogens is 1. The van der Waals surface area contributed by atoms with Gasteiger partial charge in [-0.1, -0.05) is 75.4 Å². The molecule has 1 saturated heterocycles. The Morgan fingerprint density at radius 2 is 1.28 bits per heavy atom. The van der Waals surface area contributed by atoms with Gasteiger partial charge in [0.05, 0.1) is 31.1 Å². The molecule has 1 aliphatic rings. The number of nitrogens with one attached hydrogen (secondary N) is 9. The lowest BCUT2D eigenvalue weighted by Gasteiger charge is -2.28. The Bertz CT molecular complexity index is 2400. The number of guanidine groups is 1. The van der Waals surface area contributed by atoms with Crippen LogP contribution in [0, 0.1) is 0 Å². The van der Waals surface area contributed by atoms with E-state index in [1.54, 1.807) is 30.3 Å². The highest BCUT2D eigenvalue weighted by Gasteiger charge is 2.40. The van der Waals surface area contributed by atoms with Gasteiger partial charge in [-0.15, -0.1) is 11.6 Å². The zero-order chi connectivity index (χ0) is 62.2. The first-order chi connectivity index (χ1) is 39.4. The van der Waals surface area contributed by atoms with E-state index in [1.165, 1.54) is 6.92 Å². The molecule has 9 amide bonds. The van der Waals surface area contributed by atoms with Crippen LogP contribution < -0.4 is 70.8 Å². The second-order valence-corrected chi connectivity index (χ2v) is 19.5. The van der Waals surface area contributed by atoms with Crippen molar-refractivity contribution in [1.29, 1.82) is 0 Å². The number of aliphatic hydroxyl groups is 4. The number of esters is 1. The van der Waals surface area contributed by atoms with Gasteiger partial charge in [-0.2, -0.15) is 0 Å². The molecule has 32 heteroatoms. The van der Waals surface area contributed by atoms with E-state index >= 15 is 0 Å². The molecule has 0 radical (unpaired) electrons. The van der Waals surface area contributed by atoms with Crippen molar-refractivity contribution < 1.29 is 83.0 Å². The highest BCUT2D eigenvalue weighted by molar-refractivity contribution is 6.18. The van der Waals surface area contributed by atoms with E-state index in [1.807, 2.05) is 17.6 Å². The lowest BCUT2D eigenvalue weighted by Crippen LogP contribution is -2.62. The van der Waals surface area contributed by atoms with Crippen molar-refractivity contribution in [3.63, 3.8) is 0 Å². The molecule has 2 rings (SSSR count). The number of aliphatic hydroxyl groups excluding tert-OH is 4. The highest BCUT2D eigenvalue weighted by atomic mass is 35.5. The quantitative estimate of drug-likeness (QED) is 0.0114. The first-order valence-electron chi connectivity index (χ1n) is 26.9. The number of nitrogens with two attached hydrogens (primary N) is 4. The third-order valence-corrected chi connectivity index (χ3v) is 12.9. The second-order valence-electron chi connectivity index (χ2n) is 19.2. The summed E-state index contributed by atoms with van der Waals surface area (Å²) in [5.74, 6) is -15.6. The number of aliphatic imine (C=N–C) groups is 1. The number of rotatable bonds is 24. The number of alkyl halides is 1. The molecule has 0 saturated carbocycles. The fourth-order valence-corrected chi connectivity index (χ4v) is 8.20. The van der Waals surface area contributed by atoms with Crippen LogP contribution in [0.3, 0.4) is 0 Å². The zero-order valence-corrected chi connectivity index (χ0v) is 47.1. The number of carboxylic acid groups (broad SMARTS) is 1. The fourth-order valence-electron chi connectivity index (χ4n) is 8.02. The van der Waals surface area contributed by atoms with Crippen molar-refractivity contribution in [3.8, 4) is 0 Å². The van der Waals surface area contributed by atoms with Crippen LogP contribution in [0.15, 0.2) is 47.1 Å². The molecule has 0 bridgehead atoms. The number of ether oxygens (including phenoxy) is 1. The number of unbranched alkanes of at least 4 members (excludes halogenated alkanes) is 4. The molecular weight excluding hydrogens is 1120 g/mol. The van der Waals surface area contributed by atoms with Crippen molar-refractivity contribution >= 4 is 82.7 Å². The van der Waals surface area contributed by atoms with Gasteiger partial charge in [0, 0.05) is 13.0 Å². The van der Waals surface area contributed by atoms with Crippen LogP contribution in [0.1, 0.15) is 90.0 Å². The predicted octanol–water partition coefficient (Wildman–Crippen LogP) is -6.42. The van der Waals surface area contributed by atoms with Crippen LogP contribution in [0.25, 0.3) is 0 Å². The Kier molecular flexibility index (Phi) is 33.0. The summed E-state index contributed by atoms with van der Waals surface area (Å²) in [6.45, 7) is 0.347. The average molecular weight is 1200 g/mol. The van der Waals surface area contributed by atoms with Gasteiger partial charge in [0.1, 0.15) is 54.6 Å². The van der Waals surface area contributed by atoms with E-state index in [2.05, 4.69) is 42.2 Å². The summed E-state index contributed by atoms with van der Waals surface area (Å²) in [5, 5.41) is 72.9. The van der Waals surface area contributed by atoms with Crippen molar-refractivity contribution in [2.24, 2.45) is 27.9 Å². The lowest BCUT2D eigenvalue weighted by molar-refractivity contribution is -0.155. The molecule has 1 aromatic carbocycles. The molecule has 1 aliphatic heterocycles. The van der Waals surface area contributed by atoms with Crippen molar-refractivity contribution in [3.05, 3.63) is 47.7 Å². The van der Waals surface area contributed by atoms with Gasteiger partial charge in [0.2, 0.25) is 47.3 Å². The monoisotopic (exact) mass is 1200 g/mol. The van der Waals surface area contributed by atoms with E-state index < -0.39 is 163 Å². The first kappa shape index (κ1) is 71.6. The molecule has 0 aromatic heterocycles. The Morgan fingerprint density at radius 1 is 0.723 bits per heavy atom. The highest BCUT2D eigenvalue weighted by Crippen LogP contribution is 2.12. The van der Waals surface area contributed by atoms with Crippen LogP contribution >= 0.6 is 11.6 Å². The maximum Gasteiger partial charge on any atom is 0.335 e. The van der Waals surface area contributed by atoms with Gasteiger partial charge in [-0.05, 0) is 57.7 Å².